The Bertz CT molecular complexity index is 427. The molecule has 3 nitrogen and oxygen atoms in total. The van der Waals surface area contributed by atoms with Crippen molar-refractivity contribution in [2.75, 3.05) is 13.7 Å². The lowest BCUT2D eigenvalue weighted by Crippen LogP contribution is -2.27. The topological polar surface area (TPSA) is 48.1 Å². The first-order chi connectivity index (χ1) is 7.47. The molecule has 0 saturated heterocycles. The van der Waals surface area contributed by atoms with Gasteiger partial charge < -0.3 is 10.5 Å². The number of halogens is 3. The van der Waals surface area contributed by atoms with Crippen LogP contribution in [0.4, 0.5) is 8.78 Å². The number of hydrogen-bond donors (Lipinski definition) is 1. The summed E-state index contributed by atoms with van der Waals surface area (Å²) < 4.78 is 31.6. The van der Waals surface area contributed by atoms with Gasteiger partial charge in [0.1, 0.15) is 0 Å². The summed E-state index contributed by atoms with van der Waals surface area (Å²) in [6.45, 7) is -0.146. The smallest absolute Gasteiger partial charge is 0.260 e. The van der Waals surface area contributed by atoms with Crippen molar-refractivity contribution in [2.24, 2.45) is 5.73 Å². The molecule has 0 aromatic carbocycles. The van der Waals surface area contributed by atoms with Crippen molar-refractivity contribution in [1.82, 2.24) is 4.98 Å². The Kier molecular flexibility index (Phi) is 2.55. The summed E-state index contributed by atoms with van der Waals surface area (Å²) in [5.41, 5.74) is 4.40. The van der Waals surface area contributed by atoms with Crippen LogP contribution in [0.25, 0.3) is 0 Å². The van der Waals surface area contributed by atoms with E-state index in [-0.39, 0.29) is 23.9 Å². The van der Waals surface area contributed by atoms with Crippen LogP contribution in [0.15, 0.2) is 12.3 Å². The second-order valence-electron chi connectivity index (χ2n) is 3.87. The lowest BCUT2D eigenvalue weighted by atomic mass is 9.96. The maximum absolute atomic E-state index is 13.4. The molecule has 0 aliphatic heterocycles. The molecule has 0 spiro atoms. The van der Waals surface area contributed by atoms with E-state index in [0.717, 1.165) is 0 Å². The highest BCUT2D eigenvalue weighted by molar-refractivity contribution is 6.31. The average molecular weight is 249 g/mol. The van der Waals surface area contributed by atoms with Gasteiger partial charge in [-0.1, -0.05) is 11.6 Å². The van der Waals surface area contributed by atoms with Crippen LogP contribution in [0.2, 0.25) is 5.02 Å². The molecule has 88 valence electrons. The zero-order valence-electron chi connectivity index (χ0n) is 8.64. The lowest BCUT2D eigenvalue weighted by molar-refractivity contribution is 0.0895. The molecular formula is C10H11ClF2N2O. The number of nitrogens with zero attached hydrogens (tertiary/aromatic N) is 1. The van der Waals surface area contributed by atoms with Gasteiger partial charge in [-0.05, 0) is 5.56 Å². The molecule has 1 aliphatic rings. The number of pyridine rings is 1. The van der Waals surface area contributed by atoms with Crippen LogP contribution in [0.1, 0.15) is 12.0 Å². The number of nitrogens with two attached hydrogens (primary N) is 1. The first-order valence-electron chi connectivity index (χ1n) is 4.75. The van der Waals surface area contributed by atoms with Gasteiger partial charge >= 0.3 is 0 Å². The van der Waals surface area contributed by atoms with Crippen LogP contribution in [-0.4, -0.2) is 24.6 Å². The summed E-state index contributed by atoms with van der Waals surface area (Å²) in [6, 6.07) is 1.43. The summed E-state index contributed by atoms with van der Waals surface area (Å²) in [7, 11) is 1.42. The fourth-order valence-electron chi connectivity index (χ4n) is 1.86. The van der Waals surface area contributed by atoms with Crippen molar-refractivity contribution < 1.29 is 13.5 Å². The fourth-order valence-corrected chi connectivity index (χ4v) is 2.14. The first-order valence-corrected chi connectivity index (χ1v) is 5.12. The zero-order chi connectivity index (χ0) is 12.0. The minimum Gasteiger partial charge on any atom is -0.481 e. The molecule has 0 amide bonds. The largest absolute Gasteiger partial charge is 0.481 e. The van der Waals surface area contributed by atoms with Crippen molar-refractivity contribution in [3.63, 3.8) is 0 Å². The quantitative estimate of drug-likeness (QED) is 0.890. The molecule has 1 fully saturated rings. The number of aromatic nitrogens is 1. The molecule has 2 rings (SSSR count). The molecule has 0 bridgehead atoms. The standard InChI is InChI=1S/C10H11ClF2N2O/c1-16-8-2-6(7(11)3-15-8)9(5-14)4-10(9,12)13/h2-3H,4-5,14H2,1H3. The van der Waals surface area contributed by atoms with Crippen LogP contribution >= 0.6 is 11.6 Å². The fraction of sp³-hybridized carbons (Fsp3) is 0.500. The molecule has 1 aliphatic carbocycles. The molecule has 1 saturated carbocycles. The third-order valence-electron chi connectivity index (χ3n) is 3.00. The van der Waals surface area contributed by atoms with Crippen LogP contribution in [-0.2, 0) is 5.41 Å². The monoisotopic (exact) mass is 248 g/mol. The Hall–Kier alpha value is -0.940. The van der Waals surface area contributed by atoms with Crippen molar-refractivity contribution >= 4 is 11.6 Å². The van der Waals surface area contributed by atoms with E-state index in [9.17, 15) is 8.78 Å². The summed E-state index contributed by atoms with van der Waals surface area (Å²) in [5, 5.41) is 0.198. The predicted octanol–water partition coefficient (Wildman–Crippen LogP) is 1.98. The molecule has 1 heterocycles. The van der Waals surface area contributed by atoms with E-state index in [1.165, 1.54) is 19.4 Å². The summed E-state index contributed by atoms with van der Waals surface area (Å²) in [5.74, 6) is -2.53. The van der Waals surface area contributed by atoms with Crippen LogP contribution in [0.5, 0.6) is 5.88 Å². The van der Waals surface area contributed by atoms with Gasteiger partial charge in [0.05, 0.1) is 17.5 Å². The van der Waals surface area contributed by atoms with Crippen molar-refractivity contribution in [1.29, 1.82) is 0 Å². The van der Waals surface area contributed by atoms with E-state index in [4.69, 9.17) is 22.1 Å². The third-order valence-corrected chi connectivity index (χ3v) is 3.30. The van der Waals surface area contributed by atoms with E-state index in [1.54, 1.807) is 0 Å². The number of rotatable bonds is 3. The van der Waals surface area contributed by atoms with E-state index in [2.05, 4.69) is 4.98 Å². The Morgan fingerprint density at radius 1 is 1.62 bits per heavy atom. The van der Waals surface area contributed by atoms with Crippen molar-refractivity contribution in [3.8, 4) is 5.88 Å². The molecule has 1 aromatic rings. The first kappa shape index (κ1) is 11.5. The Morgan fingerprint density at radius 3 is 2.69 bits per heavy atom. The van der Waals surface area contributed by atoms with E-state index < -0.39 is 11.3 Å². The van der Waals surface area contributed by atoms with E-state index in [1.807, 2.05) is 0 Å². The normalized spacial score (nSPS) is 26.6. The summed E-state index contributed by atoms with van der Waals surface area (Å²) >= 11 is 5.88. The van der Waals surface area contributed by atoms with E-state index in [0.29, 0.717) is 5.56 Å². The van der Waals surface area contributed by atoms with Crippen LogP contribution < -0.4 is 10.5 Å². The number of alkyl halides is 2. The SMILES string of the molecule is COc1cc(C2(CN)CC2(F)F)c(Cl)cn1. The second-order valence-corrected chi connectivity index (χ2v) is 4.28. The average Bonchev–Trinajstić information content (AvgIpc) is 2.83. The van der Waals surface area contributed by atoms with Crippen LogP contribution in [0.3, 0.4) is 0 Å². The highest BCUT2D eigenvalue weighted by Crippen LogP contribution is 2.62. The molecule has 1 aromatic heterocycles. The number of hydrogen-bond acceptors (Lipinski definition) is 3. The maximum atomic E-state index is 13.4. The third kappa shape index (κ3) is 1.46. The second kappa shape index (κ2) is 3.53. The Morgan fingerprint density at radius 2 is 2.25 bits per heavy atom. The van der Waals surface area contributed by atoms with Gasteiger partial charge in [-0.3, -0.25) is 0 Å². The molecular weight excluding hydrogens is 238 g/mol. The van der Waals surface area contributed by atoms with Gasteiger partial charge in [0.25, 0.3) is 5.92 Å². The number of methoxy groups -OCH3 is 1. The molecule has 16 heavy (non-hydrogen) atoms. The van der Waals surface area contributed by atoms with Crippen molar-refractivity contribution in [3.05, 3.63) is 22.8 Å². The van der Waals surface area contributed by atoms with Gasteiger partial charge in [0, 0.05) is 25.2 Å². The van der Waals surface area contributed by atoms with Gasteiger partial charge in [-0.15, -0.1) is 0 Å². The molecule has 1 atom stereocenters. The lowest BCUT2D eigenvalue weighted by Gasteiger charge is -2.16. The summed E-state index contributed by atoms with van der Waals surface area (Å²) in [6.07, 6.45) is 1.03. The zero-order valence-corrected chi connectivity index (χ0v) is 9.39. The van der Waals surface area contributed by atoms with Gasteiger partial charge in [-0.2, -0.15) is 0 Å². The van der Waals surface area contributed by atoms with Gasteiger partial charge in [0.2, 0.25) is 5.88 Å². The maximum Gasteiger partial charge on any atom is 0.260 e. The van der Waals surface area contributed by atoms with Crippen molar-refractivity contribution in [2.45, 2.75) is 17.8 Å². The summed E-state index contributed by atoms with van der Waals surface area (Å²) in [4.78, 5) is 3.84. The van der Waals surface area contributed by atoms with Gasteiger partial charge in [-0.25, -0.2) is 13.8 Å². The number of ether oxygens (including phenoxy) is 1. The Labute approximate surface area is 96.6 Å². The van der Waals surface area contributed by atoms with E-state index >= 15 is 0 Å². The Balaban J connectivity index is 2.48. The minimum atomic E-state index is -2.79. The molecule has 6 heteroatoms. The van der Waals surface area contributed by atoms with Gasteiger partial charge in [0.15, 0.2) is 0 Å². The molecule has 0 radical (unpaired) electrons. The highest BCUT2D eigenvalue weighted by atomic mass is 35.5. The van der Waals surface area contributed by atoms with Crippen LogP contribution in [0, 0.1) is 0 Å². The minimum absolute atomic E-state index is 0.146. The molecule has 2 N–H and O–H groups in total. The molecule has 1 unspecified atom stereocenters. The highest BCUT2D eigenvalue weighted by Gasteiger charge is 2.71. The predicted molar refractivity (Wildman–Crippen MR) is 56.1 cm³/mol.